The molecule has 0 amide bonds. The molecule has 118 valence electrons. The fraction of sp³-hybridized carbons (Fsp3) is 0.364. The highest BCUT2D eigenvalue weighted by Gasteiger charge is 2.32. The van der Waals surface area contributed by atoms with Crippen molar-refractivity contribution >= 4 is 25.8 Å². The highest BCUT2D eigenvalue weighted by molar-refractivity contribution is 7.91. The number of hydrogen-bond acceptors (Lipinski definition) is 5. The van der Waals surface area contributed by atoms with E-state index in [0.717, 1.165) is 26.3 Å². The van der Waals surface area contributed by atoms with Gasteiger partial charge in [0.2, 0.25) is 10.0 Å². The van der Waals surface area contributed by atoms with Crippen molar-refractivity contribution in [1.29, 1.82) is 0 Å². The number of nitrogens with zero attached hydrogens (tertiary/aromatic N) is 1. The molecule has 7 nitrogen and oxygen atoms in total. The number of halogens is 1. The minimum absolute atomic E-state index is 0.376. The van der Waals surface area contributed by atoms with Crippen LogP contribution in [0.5, 0.6) is 0 Å². The number of sulfone groups is 1. The minimum atomic E-state index is -4.48. The summed E-state index contributed by atoms with van der Waals surface area (Å²) in [7, 11) is -7.24. The zero-order valence-electron chi connectivity index (χ0n) is 11.4. The smallest absolute Gasteiger partial charge is 0.321 e. The van der Waals surface area contributed by atoms with Crippen molar-refractivity contribution in [3.63, 3.8) is 0 Å². The number of carboxylic acids is 1. The van der Waals surface area contributed by atoms with Gasteiger partial charge in [0.05, 0.1) is 4.90 Å². The second-order valence-corrected chi connectivity index (χ2v) is 8.38. The summed E-state index contributed by atoms with van der Waals surface area (Å²) in [5.41, 5.74) is 0. The van der Waals surface area contributed by atoms with E-state index >= 15 is 0 Å². The Hall–Kier alpha value is -1.52. The number of carbonyl (C=O) groups is 1. The lowest BCUT2D eigenvalue weighted by Gasteiger charge is -2.21. The van der Waals surface area contributed by atoms with Crippen LogP contribution in [0.4, 0.5) is 4.39 Å². The van der Waals surface area contributed by atoms with Crippen molar-refractivity contribution in [1.82, 2.24) is 4.31 Å². The van der Waals surface area contributed by atoms with Gasteiger partial charge in [-0.15, -0.1) is 0 Å². The lowest BCUT2D eigenvalue weighted by atomic mass is 10.3. The van der Waals surface area contributed by atoms with E-state index < -0.39 is 42.6 Å². The minimum Gasteiger partial charge on any atom is -0.480 e. The van der Waals surface area contributed by atoms with Gasteiger partial charge in [0.1, 0.15) is 16.8 Å². The van der Waals surface area contributed by atoms with Gasteiger partial charge in [-0.05, 0) is 25.1 Å². The summed E-state index contributed by atoms with van der Waals surface area (Å²) in [5, 5.41) is 8.82. The van der Waals surface area contributed by atoms with Crippen LogP contribution in [0, 0.1) is 5.82 Å². The summed E-state index contributed by atoms with van der Waals surface area (Å²) in [6, 6.07) is 0.883. The molecule has 0 aliphatic rings. The Kier molecular flexibility index (Phi) is 4.76. The molecule has 1 rings (SSSR count). The lowest BCUT2D eigenvalue weighted by Crippen LogP contribution is -2.40. The Morgan fingerprint density at radius 1 is 1.29 bits per heavy atom. The maximum Gasteiger partial charge on any atom is 0.321 e. The van der Waals surface area contributed by atoms with Crippen LogP contribution in [-0.2, 0) is 24.7 Å². The van der Waals surface area contributed by atoms with Crippen LogP contribution in [0.2, 0.25) is 0 Å². The van der Waals surface area contributed by atoms with Gasteiger partial charge in [-0.3, -0.25) is 4.79 Å². The number of rotatable bonds is 5. The Morgan fingerprint density at radius 3 is 2.24 bits per heavy atom. The molecule has 0 radical (unpaired) electrons. The van der Waals surface area contributed by atoms with Crippen molar-refractivity contribution in [3.05, 3.63) is 24.0 Å². The van der Waals surface area contributed by atoms with E-state index in [-0.39, 0.29) is 4.90 Å². The molecule has 1 unspecified atom stereocenters. The molecule has 0 saturated heterocycles. The van der Waals surface area contributed by atoms with Crippen LogP contribution in [0.15, 0.2) is 28.0 Å². The number of carboxylic acid groups (broad SMARTS) is 1. The molecule has 10 heteroatoms. The van der Waals surface area contributed by atoms with Crippen LogP contribution in [0.1, 0.15) is 6.92 Å². The van der Waals surface area contributed by atoms with E-state index in [9.17, 15) is 26.0 Å². The second kappa shape index (κ2) is 5.70. The molecule has 0 fully saturated rings. The predicted molar refractivity (Wildman–Crippen MR) is 71.6 cm³/mol. The van der Waals surface area contributed by atoms with Crippen LogP contribution < -0.4 is 0 Å². The molecule has 0 heterocycles. The molecule has 1 aromatic carbocycles. The lowest BCUT2D eigenvalue weighted by molar-refractivity contribution is -0.140. The van der Waals surface area contributed by atoms with E-state index in [1.807, 2.05) is 0 Å². The van der Waals surface area contributed by atoms with Crippen LogP contribution in [-0.4, -0.2) is 51.6 Å². The largest absolute Gasteiger partial charge is 0.480 e. The highest BCUT2D eigenvalue weighted by Crippen LogP contribution is 2.23. The van der Waals surface area contributed by atoms with Gasteiger partial charge in [-0.25, -0.2) is 21.2 Å². The molecule has 0 aliphatic carbocycles. The first-order valence-corrected chi connectivity index (χ1v) is 8.92. The molecular formula is C11H14FNO6S2. The monoisotopic (exact) mass is 339 g/mol. The first-order valence-electron chi connectivity index (χ1n) is 5.59. The summed E-state index contributed by atoms with van der Waals surface area (Å²) < 4.78 is 61.4. The molecule has 0 aliphatic heterocycles. The Morgan fingerprint density at radius 2 is 1.81 bits per heavy atom. The number of aliphatic carboxylic acids is 1. The van der Waals surface area contributed by atoms with E-state index in [4.69, 9.17) is 5.11 Å². The third kappa shape index (κ3) is 3.57. The average Bonchev–Trinajstić information content (AvgIpc) is 2.35. The maximum atomic E-state index is 13.7. The summed E-state index contributed by atoms with van der Waals surface area (Å²) in [4.78, 5) is 9.57. The number of benzene rings is 1. The maximum absolute atomic E-state index is 13.7. The van der Waals surface area contributed by atoms with Gasteiger partial charge in [-0.1, -0.05) is 0 Å². The van der Waals surface area contributed by atoms with Crippen molar-refractivity contribution < 1.29 is 31.1 Å². The van der Waals surface area contributed by atoms with Gasteiger partial charge in [0, 0.05) is 13.3 Å². The van der Waals surface area contributed by atoms with Gasteiger partial charge < -0.3 is 5.11 Å². The van der Waals surface area contributed by atoms with Gasteiger partial charge >= 0.3 is 5.97 Å². The summed E-state index contributed by atoms with van der Waals surface area (Å²) in [5.74, 6) is -2.58. The predicted octanol–water partition coefficient (Wildman–Crippen LogP) is 0.323. The number of likely N-dealkylation sites (N-methyl/N-ethyl adjacent to an activating group) is 1. The van der Waals surface area contributed by atoms with E-state index in [0.29, 0.717) is 16.4 Å². The van der Waals surface area contributed by atoms with E-state index in [2.05, 4.69) is 0 Å². The molecule has 0 saturated carbocycles. The van der Waals surface area contributed by atoms with Crippen molar-refractivity contribution in [3.8, 4) is 0 Å². The van der Waals surface area contributed by atoms with Crippen molar-refractivity contribution in [2.75, 3.05) is 13.3 Å². The van der Waals surface area contributed by atoms with Crippen LogP contribution in [0.25, 0.3) is 0 Å². The third-order valence-corrected chi connectivity index (χ3v) is 5.94. The molecule has 0 spiro atoms. The molecular weight excluding hydrogens is 325 g/mol. The van der Waals surface area contributed by atoms with E-state index in [1.165, 1.54) is 0 Å². The van der Waals surface area contributed by atoms with Gasteiger partial charge in [0.25, 0.3) is 0 Å². The zero-order valence-corrected chi connectivity index (χ0v) is 13.1. The topological polar surface area (TPSA) is 109 Å². The molecule has 0 aromatic heterocycles. The average molecular weight is 339 g/mol. The summed E-state index contributed by atoms with van der Waals surface area (Å²) >= 11 is 0. The normalized spacial score (nSPS) is 14.1. The Labute approximate surface area is 122 Å². The van der Waals surface area contributed by atoms with Crippen LogP contribution in [0.3, 0.4) is 0 Å². The number of hydrogen-bond donors (Lipinski definition) is 1. The first kappa shape index (κ1) is 17.5. The molecule has 1 N–H and O–H groups in total. The fourth-order valence-corrected chi connectivity index (χ4v) is 3.56. The van der Waals surface area contributed by atoms with Crippen LogP contribution >= 0.6 is 0 Å². The van der Waals surface area contributed by atoms with Gasteiger partial charge in [0.15, 0.2) is 9.84 Å². The Bertz CT molecular complexity index is 772. The fourth-order valence-electron chi connectivity index (χ4n) is 1.43. The quantitative estimate of drug-likeness (QED) is 0.774. The van der Waals surface area contributed by atoms with Crippen molar-refractivity contribution in [2.45, 2.75) is 22.8 Å². The van der Waals surface area contributed by atoms with Gasteiger partial charge in [-0.2, -0.15) is 4.31 Å². The second-order valence-electron chi connectivity index (χ2n) is 4.40. The third-order valence-electron chi connectivity index (χ3n) is 2.89. The summed E-state index contributed by atoms with van der Waals surface area (Å²) in [6.07, 6.45) is 0.847. The molecule has 0 bridgehead atoms. The SMILES string of the molecule is CC(C(=O)O)N(C)S(=O)(=O)c1cc(S(C)(=O)=O)ccc1F. The Balaban J connectivity index is 3.48. The standard InChI is InChI=1S/C11H14FNO6S2/c1-7(11(14)15)13(2)21(18,19)10-6-8(20(3,16)17)4-5-9(10)12/h4-7H,1-3H3,(H,14,15). The number of sulfonamides is 1. The van der Waals surface area contributed by atoms with E-state index in [1.54, 1.807) is 0 Å². The molecule has 1 atom stereocenters. The first-order chi connectivity index (χ1) is 9.39. The zero-order chi connectivity index (χ0) is 16.6. The van der Waals surface area contributed by atoms with Crippen molar-refractivity contribution in [2.24, 2.45) is 0 Å². The molecule has 21 heavy (non-hydrogen) atoms. The highest BCUT2D eigenvalue weighted by atomic mass is 32.2. The summed E-state index contributed by atoms with van der Waals surface area (Å²) in [6.45, 7) is 1.11. The molecule has 1 aromatic rings.